The van der Waals surface area contributed by atoms with Crippen LogP contribution in [0.25, 0.3) is 12.2 Å². The molecule has 14 heavy (non-hydrogen) atoms. The lowest BCUT2D eigenvalue weighted by Gasteiger charge is -1.92. The molecule has 2 rings (SSSR count). The molecular weight excluding hydrogens is 168 g/mol. The third-order valence-corrected chi connectivity index (χ3v) is 2.00. The monoisotopic (exact) mass is 179 g/mol. The lowest BCUT2D eigenvalue weighted by molar-refractivity contribution is 1.64. The van der Waals surface area contributed by atoms with E-state index in [-0.39, 0.29) is 0 Å². The highest BCUT2D eigenvalue weighted by atomic mass is 13.9. The van der Waals surface area contributed by atoms with E-state index in [1.165, 1.54) is 11.1 Å². The Morgan fingerprint density at radius 3 is 2.21 bits per heavy atom. The molecule has 67 valence electrons. The fourth-order valence-corrected chi connectivity index (χ4v) is 1.27. The molecule has 0 aliphatic rings. The maximum atomic E-state index is 3.05. The van der Waals surface area contributed by atoms with E-state index in [2.05, 4.69) is 36.4 Å². The molecule has 0 aromatic heterocycles. The molecule has 0 saturated carbocycles. The molecule has 0 unspecified atom stereocenters. The van der Waals surface area contributed by atoms with Gasteiger partial charge >= 0.3 is 0 Å². The van der Waals surface area contributed by atoms with Gasteiger partial charge in [0, 0.05) is 0 Å². The maximum Gasteiger partial charge on any atom is -0.0178 e. The minimum absolute atomic E-state index is 1.18. The van der Waals surface area contributed by atoms with E-state index >= 15 is 0 Å². The van der Waals surface area contributed by atoms with E-state index in [0.717, 1.165) is 0 Å². The second-order valence-corrected chi connectivity index (χ2v) is 3.08. The van der Waals surface area contributed by atoms with Gasteiger partial charge in [0.05, 0.1) is 0 Å². The zero-order chi connectivity index (χ0) is 9.64. The summed E-state index contributed by atoms with van der Waals surface area (Å²) < 4.78 is 0. The largest absolute Gasteiger partial charge is 0.0622 e. The van der Waals surface area contributed by atoms with Crippen molar-refractivity contribution < 1.29 is 0 Å². The summed E-state index contributed by atoms with van der Waals surface area (Å²) in [6, 6.07) is 21.2. The lowest BCUT2D eigenvalue weighted by atomic mass is 10.1. The predicted octanol–water partition coefficient (Wildman–Crippen LogP) is 3.66. The second kappa shape index (κ2) is 4.43. The third-order valence-electron chi connectivity index (χ3n) is 2.00. The van der Waals surface area contributed by atoms with Crippen LogP contribution in [0.4, 0.5) is 0 Å². The van der Waals surface area contributed by atoms with Gasteiger partial charge in [-0.1, -0.05) is 60.7 Å². The topological polar surface area (TPSA) is 0 Å². The Labute approximate surface area is 84.5 Å². The van der Waals surface area contributed by atoms with Crippen molar-refractivity contribution >= 4 is 12.2 Å². The molecule has 0 heterocycles. The van der Waals surface area contributed by atoms with Crippen LogP contribution in [0.1, 0.15) is 11.1 Å². The summed E-state index contributed by atoms with van der Waals surface area (Å²) in [5.74, 6) is 0. The van der Waals surface area contributed by atoms with Crippen LogP contribution in [-0.2, 0) is 0 Å². The summed E-state index contributed by atoms with van der Waals surface area (Å²) in [7, 11) is 0. The van der Waals surface area contributed by atoms with Gasteiger partial charge in [0.25, 0.3) is 0 Å². The molecule has 0 N–H and O–H groups in total. The average molecular weight is 179 g/mol. The Morgan fingerprint density at radius 2 is 1.50 bits per heavy atom. The van der Waals surface area contributed by atoms with Crippen molar-refractivity contribution in [3.63, 3.8) is 0 Å². The summed E-state index contributed by atoms with van der Waals surface area (Å²) >= 11 is 0. The van der Waals surface area contributed by atoms with Crippen molar-refractivity contribution in [2.24, 2.45) is 0 Å². The van der Waals surface area contributed by atoms with Crippen LogP contribution in [0.2, 0.25) is 0 Å². The molecule has 2 aromatic rings. The number of hydrogen-bond acceptors (Lipinski definition) is 0. The highest BCUT2D eigenvalue weighted by Gasteiger charge is 1.84. The summed E-state index contributed by atoms with van der Waals surface area (Å²) in [6.45, 7) is 0. The zero-order valence-electron chi connectivity index (χ0n) is 7.85. The highest BCUT2D eigenvalue weighted by molar-refractivity contribution is 5.69. The summed E-state index contributed by atoms with van der Waals surface area (Å²) in [5, 5.41) is 0. The van der Waals surface area contributed by atoms with Crippen LogP contribution in [0.3, 0.4) is 0 Å². The van der Waals surface area contributed by atoms with E-state index < -0.39 is 0 Å². The molecule has 0 aliphatic carbocycles. The van der Waals surface area contributed by atoms with Gasteiger partial charge in [0.2, 0.25) is 0 Å². The average Bonchev–Trinajstić information content (AvgIpc) is 2.29. The number of benzene rings is 2. The summed E-state index contributed by atoms with van der Waals surface area (Å²) in [4.78, 5) is 0. The van der Waals surface area contributed by atoms with E-state index in [9.17, 15) is 0 Å². The van der Waals surface area contributed by atoms with Crippen LogP contribution in [0.5, 0.6) is 0 Å². The predicted molar refractivity (Wildman–Crippen MR) is 60.6 cm³/mol. The maximum absolute atomic E-state index is 3.05. The van der Waals surface area contributed by atoms with Crippen molar-refractivity contribution in [3.05, 3.63) is 71.8 Å². The Bertz CT molecular complexity index is 357. The van der Waals surface area contributed by atoms with Gasteiger partial charge in [-0.3, -0.25) is 0 Å². The first-order valence-corrected chi connectivity index (χ1v) is 4.64. The number of hydrogen-bond donors (Lipinski definition) is 0. The molecule has 0 atom stereocenters. The van der Waals surface area contributed by atoms with Crippen LogP contribution in [-0.4, -0.2) is 0 Å². The van der Waals surface area contributed by atoms with Crippen molar-refractivity contribution in [1.29, 1.82) is 0 Å². The minimum Gasteiger partial charge on any atom is -0.0622 e. The fraction of sp³-hybridized carbons (Fsp3) is 0. The van der Waals surface area contributed by atoms with E-state index in [4.69, 9.17) is 0 Å². The van der Waals surface area contributed by atoms with Crippen molar-refractivity contribution in [2.45, 2.75) is 0 Å². The first-order valence-electron chi connectivity index (χ1n) is 4.64. The molecular formula is C14H11. The van der Waals surface area contributed by atoms with Gasteiger partial charge in [0.15, 0.2) is 0 Å². The smallest absolute Gasteiger partial charge is 0.0178 e. The van der Waals surface area contributed by atoms with Gasteiger partial charge in [-0.15, -0.1) is 0 Å². The molecule has 0 bridgehead atoms. The summed E-state index contributed by atoms with van der Waals surface area (Å²) in [6.07, 6.45) is 4.19. The van der Waals surface area contributed by atoms with E-state index in [1.54, 1.807) is 0 Å². The Kier molecular flexibility index (Phi) is 2.77. The zero-order valence-corrected chi connectivity index (χ0v) is 7.85. The molecule has 0 spiro atoms. The lowest BCUT2D eigenvalue weighted by Crippen LogP contribution is -1.70. The highest BCUT2D eigenvalue weighted by Crippen LogP contribution is 2.06. The van der Waals surface area contributed by atoms with Crippen molar-refractivity contribution in [1.82, 2.24) is 0 Å². The molecule has 1 radical (unpaired) electrons. The van der Waals surface area contributed by atoms with Crippen LogP contribution in [0, 0.1) is 6.07 Å². The second-order valence-electron chi connectivity index (χ2n) is 3.08. The molecule has 0 aliphatic heterocycles. The van der Waals surface area contributed by atoms with Crippen molar-refractivity contribution in [3.8, 4) is 0 Å². The molecule has 0 heteroatoms. The van der Waals surface area contributed by atoms with Gasteiger partial charge in [-0.25, -0.2) is 0 Å². The van der Waals surface area contributed by atoms with Crippen LogP contribution in [0.15, 0.2) is 54.6 Å². The Hall–Kier alpha value is -1.82. The van der Waals surface area contributed by atoms with Crippen LogP contribution >= 0.6 is 0 Å². The minimum atomic E-state index is 1.18. The van der Waals surface area contributed by atoms with Crippen LogP contribution < -0.4 is 0 Å². The van der Waals surface area contributed by atoms with Gasteiger partial charge in [-0.05, 0) is 23.3 Å². The molecule has 0 saturated heterocycles. The molecule has 0 amide bonds. The molecule has 0 nitrogen and oxygen atoms in total. The molecule has 0 fully saturated rings. The normalized spacial score (nSPS) is 10.6. The summed E-state index contributed by atoms with van der Waals surface area (Å²) in [5.41, 5.74) is 2.40. The molecule has 2 aromatic carbocycles. The van der Waals surface area contributed by atoms with E-state index in [1.807, 2.05) is 36.4 Å². The van der Waals surface area contributed by atoms with Gasteiger partial charge in [-0.2, -0.15) is 0 Å². The quantitative estimate of drug-likeness (QED) is 0.617. The van der Waals surface area contributed by atoms with Crippen molar-refractivity contribution in [2.75, 3.05) is 0 Å². The number of rotatable bonds is 2. The van der Waals surface area contributed by atoms with E-state index in [0.29, 0.717) is 0 Å². The SMILES string of the molecule is [c]1cccc(/C=C\c2ccccc2)c1. The fourth-order valence-electron chi connectivity index (χ4n) is 1.27. The van der Waals surface area contributed by atoms with Gasteiger partial charge < -0.3 is 0 Å². The third kappa shape index (κ3) is 2.33. The van der Waals surface area contributed by atoms with Gasteiger partial charge in [0.1, 0.15) is 0 Å². The first-order chi connectivity index (χ1) is 6.95. The Morgan fingerprint density at radius 1 is 0.786 bits per heavy atom. The first kappa shape index (κ1) is 8.76. The Balaban J connectivity index is 2.16. The standard InChI is InChI=1S/C14H11/c1-3-7-13(8-4-1)11-12-14-9-5-2-6-10-14/h1-5,7-12H/b12-11-.